The van der Waals surface area contributed by atoms with E-state index in [2.05, 4.69) is 10.3 Å². The molecule has 1 aromatic carbocycles. The van der Waals surface area contributed by atoms with Crippen molar-refractivity contribution in [2.45, 2.75) is 19.1 Å². The topological polar surface area (TPSA) is 45.2 Å². The van der Waals surface area contributed by atoms with Crippen molar-refractivity contribution in [2.24, 2.45) is 0 Å². The van der Waals surface area contributed by atoms with Gasteiger partial charge in [-0.1, -0.05) is 26.9 Å². The van der Waals surface area contributed by atoms with Crippen molar-refractivity contribution in [1.29, 1.82) is 0 Å². The van der Waals surface area contributed by atoms with Crippen LogP contribution in [0.5, 0.6) is 0 Å². The summed E-state index contributed by atoms with van der Waals surface area (Å²) in [5, 5.41) is 3.28. The van der Waals surface area contributed by atoms with Crippen LogP contribution in [0.1, 0.15) is 16.7 Å². The second kappa shape index (κ2) is 6.26. The van der Waals surface area contributed by atoms with Gasteiger partial charge in [0, 0.05) is 16.8 Å². The number of nitrogens with one attached hydrogen (secondary N) is 1. The number of benzene rings is 1. The number of aryl methyl sites for hydroxylation is 1. The molecular weight excluding hydrogens is 355 g/mol. The number of rotatable bonds is 3. The summed E-state index contributed by atoms with van der Waals surface area (Å²) in [5.74, 6) is 0.415. The fourth-order valence-electron chi connectivity index (χ4n) is 2.53. The molecule has 1 aliphatic rings. The summed E-state index contributed by atoms with van der Waals surface area (Å²) in [7, 11) is 1.50. The van der Waals surface area contributed by atoms with E-state index < -0.39 is 5.66 Å². The molecule has 2 aromatic rings. The average Bonchev–Trinajstić information content (AvgIpc) is 2.51. The first-order valence-corrected chi connectivity index (χ1v) is 8.18. The Balaban J connectivity index is 2.00. The van der Waals surface area contributed by atoms with E-state index in [9.17, 15) is 13.6 Å². The summed E-state index contributed by atoms with van der Waals surface area (Å²) in [5.41, 5.74) is -1.25. The average molecular weight is 370 g/mol. The molecule has 0 saturated carbocycles. The minimum absolute atomic E-state index is 0.0974. The van der Waals surface area contributed by atoms with Gasteiger partial charge in [0.15, 0.2) is 0 Å². The number of hydrogen-bond donors (Lipinski definition) is 1. The lowest BCUT2D eigenvalue weighted by Gasteiger charge is -2.30. The molecule has 0 bridgehead atoms. The number of hydrogen-bond acceptors (Lipinski definition) is 3. The van der Waals surface area contributed by atoms with Crippen molar-refractivity contribution in [3.05, 3.63) is 52.2 Å². The van der Waals surface area contributed by atoms with Gasteiger partial charge in [0.1, 0.15) is 5.82 Å². The standard InChI is InChI=1S/C16H15ClF2N3OP/c1-9-4-13-15(20-6-9)21-7-14(23)22(13)8-10-5-11(16(18,19)24)2-3-12(10)17/h2-6H,7-8,24H2,1H3,(H,20,21). The molecule has 0 spiro atoms. The van der Waals surface area contributed by atoms with Crippen LogP contribution in [-0.2, 0) is 17.0 Å². The van der Waals surface area contributed by atoms with Gasteiger partial charge in [-0.3, -0.25) is 4.79 Å². The molecule has 24 heavy (non-hydrogen) atoms. The number of amides is 1. The molecule has 0 radical (unpaired) electrons. The lowest BCUT2D eigenvalue weighted by atomic mass is 10.1. The molecule has 1 N–H and O–H groups in total. The van der Waals surface area contributed by atoms with Crippen LogP contribution in [0.25, 0.3) is 0 Å². The first-order chi connectivity index (χ1) is 11.3. The summed E-state index contributed by atoms with van der Waals surface area (Å²) in [4.78, 5) is 18.1. The third kappa shape index (κ3) is 3.35. The van der Waals surface area contributed by atoms with Gasteiger partial charge in [0.25, 0.3) is 5.66 Å². The van der Waals surface area contributed by atoms with Crippen molar-refractivity contribution < 1.29 is 13.6 Å². The number of aromatic nitrogens is 1. The molecule has 0 saturated heterocycles. The Morgan fingerprint density at radius 3 is 2.88 bits per heavy atom. The molecular formula is C16H15ClF2N3OP. The van der Waals surface area contributed by atoms with E-state index in [1.807, 2.05) is 13.0 Å². The molecule has 1 amide bonds. The van der Waals surface area contributed by atoms with Gasteiger partial charge in [-0.15, -0.1) is 0 Å². The number of alkyl halides is 2. The highest BCUT2D eigenvalue weighted by Crippen LogP contribution is 2.37. The molecule has 126 valence electrons. The van der Waals surface area contributed by atoms with Crippen LogP contribution in [0.15, 0.2) is 30.5 Å². The summed E-state index contributed by atoms with van der Waals surface area (Å²) < 4.78 is 27.1. The van der Waals surface area contributed by atoms with Crippen LogP contribution in [0, 0.1) is 6.92 Å². The van der Waals surface area contributed by atoms with Crippen molar-refractivity contribution >= 4 is 38.3 Å². The maximum Gasteiger partial charge on any atom is 0.283 e. The summed E-state index contributed by atoms with van der Waals surface area (Å²) in [6.07, 6.45) is 1.70. The molecule has 1 aromatic heterocycles. The van der Waals surface area contributed by atoms with Crippen LogP contribution in [0.3, 0.4) is 0 Å². The molecule has 0 fully saturated rings. The zero-order valence-corrected chi connectivity index (χ0v) is 14.7. The van der Waals surface area contributed by atoms with Crippen molar-refractivity contribution in [3.63, 3.8) is 0 Å². The number of halogens is 3. The maximum absolute atomic E-state index is 13.5. The Hall–Kier alpha value is -1.78. The molecule has 4 nitrogen and oxygen atoms in total. The minimum Gasteiger partial charge on any atom is -0.359 e. The summed E-state index contributed by atoms with van der Waals surface area (Å²) >= 11 is 6.15. The van der Waals surface area contributed by atoms with E-state index in [4.69, 9.17) is 11.6 Å². The Kier molecular flexibility index (Phi) is 4.45. The smallest absolute Gasteiger partial charge is 0.283 e. The largest absolute Gasteiger partial charge is 0.359 e. The number of fused-ring (bicyclic) bond motifs is 1. The highest BCUT2D eigenvalue weighted by Gasteiger charge is 2.28. The highest BCUT2D eigenvalue weighted by atomic mass is 35.5. The summed E-state index contributed by atoms with van der Waals surface area (Å²) in [6, 6.07) is 5.85. The van der Waals surface area contributed by atoms with Crippen molar-refractivity contribution in [2.75, 3.05) is 16.8 Å². The molecule has 3 rings (SSSR count). The van der Waals surface area contributed by atoms with Crippen LogP contribution < -0.4 is 10.2 Å². The number of carbonyl (C=O) groups excluding carboxylic acids is 1. The quantitative estimate of drug-likeness (QED) is 0.834. The summed E-state index contributed by atoms with van der Waals surface area (Å²) in [6.45, 7) is 2.07. The second-order valence-corrected chi connectivity index (χ2v) is 6.78. The van der Waals surface area contributed by atoms with E-state index in [-0.39, 0.29) is 24.6 Å². The number of anilines is 2. The predicted molar refractivity (Wildman–Crippen MR) is 93.7 cm³/mol. The molecule has 0 aliphatic carbocycles. The molecule has 1 atom stereocenters. The Bertz CT molecular complexity index is 810. The maximum atomic E-state index is 13.5. The van der Waals surface area contributed by atoms with Crippen LogP contribution in [0.4, 0.5) is 20.3 Å². The van der Waals surface area contributed by atoms with Crippen LogP contribution >= 0.6 is 20.8 Å². The van der Waals surface area contributed by atoms with Gasteiger partial charge in [0.05, 0.1) is 18.8 Å². The Morgan fingerprint density at radius 1 is 1.42 bits per heavy atom. The second-order valence-electron chi connectivity index (χ2n) is 5.64. The van der Waals surface area contributed by atoms with Gasteiger partial charge in [0.2, 0.25) is 5.91 Å². The van der Waals surface area contributed by atoms with E-state index in [1.165, 1.54) is 32.3 Å². The first-order valence-electron chi connectivity index (χ1n) is 7.22. The van der Waals surface area contributed by atoms with Gasteiger partial charge >= 0.3 is 0 Å². The van der Waals surface area contributed by atoms with E-state index in [0.29, 0.717) is 22.1 Å². The third-order valence-corrected chi connectivity index (χ3v) is 4.46. The molecule has 1 unspecified atom stereocenters. The van der Waals surface area contributed by atoms with E-state index in [0.717, 1.165) is 5.56 Å². The minimum atomic E-state index is -3.05. The van der Waals surface area contributed by atoms with Crippen LogP contribution in [0.2, 0.25) is 5.02 Å². The fraction of sp³-hybridized carbons (Fsp3) is 0.250. The third-order valence-electron chi connectivity index (χ3n) is 3.76. The number of carbonyl (C=O) groups is 1. The predicted octanol–water partition coefficient (Wildman–Crippen LogP) is 3.93. The van der Waals surface area contributed by atoms with Gasteiger partial charge in [-0.05, 0) is 36.2 Å². The van der Waals surface area contributed by atoms with Crippen molar-refractivity contribution in [1.82, 2.24) is 4.98 Å². The lowest BCUT2D eigenvalue weighted by Crippen LogP contribution is -2.39. The lowest BCUT2D eigenvalue weighted by molar-refractivity contribution is -0.117. The Morgan fingerprint density at radius 2 is 2.17 bits per heavy atom. The molecule has 8 heteroatoms. The monoisotopic (exact) mass is 369 g/mol. The number of nitrogens with zero attached hydrogens (tertiary/aromatic N) is 2. The van der Waals surface area contributed by atoms with Crippen LogP contribution in [-0.4, -0.2) is 17.4 Å². The number of pyridine rings is 1. The van der Waals surface area contributed by atoms with Gasteiger partial charge in [-0.2, -0.15) is 8.78 Å². The zero-order valence-electron chi connectivity index (χ0n) is 12.8. The normalized spacial score (nSPS) is 14.4. The van der Waals surface area contributed by atoms with Gasteiger partial charge < -0.3 is 10.2 Å². The highest BCUT2D eigenvalue weighted by molar-refractivity contribution is 7.17. The molecule has 1 aliphatic heterocycles. The van der Waals surface area contributed by atoms with E-state index in [1.54, 1.807) is 6.20 Å². The van der Waals surface area contributed by atoms with Gasteiger partial charge in [-0.25, -0.2) is 4.98 Å². The first kappa shape index (κ1) is 17.1. The SMILES string of the molecule is Cc1cnc2c(c1)N(Cc1cc(C(F)(F)P)ccc1Cl)C(=O)CN2. The fourth-order valence-corrected chi connectivity index (χ4v) is 2.89. The van der Waals surface area contributed by atoms with Crippen molar-refractivity contribution in [3.8, 4) is 0 Å². The molecule has 2 heterocycles. The Labute approximate surface area is 145 Å². The zero-order chi connectivity index (χ0) is 17.5. The van der Waals surface area contributed by atoms with E-state index >= 15 is 0 Å².